The molecule has 0 saturated heterocycles. The number of carbonyl (C=O) groups excluding carboxylic acids is 2. The zero-order chi connectivity index (χ0) is 20.2. The number of thiophene rings is 1. The van der Waals surface area contributed by atoms with Gasteiger partial charge in [0.2, 0.25) is 0 Å². The topological polar surface area (TPSA) is 57.6 Å². The summed E-state index contributed by atoms with van der Waals surface area (Å²) in [7, 11) is 0. The van der Waals surface area contributed by atoms with Gasteiger partial charge < -0.3 is 10.0 Å². The lowest BCUT2D eigenvalue weighted by molar-refractivity contribution is -0.140. The van der Waals surface area contributed by atoms with Gasteiger partial charge in [0.25, 0.3) is 5.91 Å². The molecule has 1 amide bonds. The number of carbonyl (C=O) groups is 2. The van der Waals surface area contributed by atoms with Gasteiger partial charge in [-0.1, -0.05) is 46.3 Å². The van der Waals surface area contributed by atoms with E-state index in [1.807, 2.05) is 47.8 Å². The molecule has 2 aromatic carbocycles. The first-order valence-electron chi connectivity index (χ1n) is 9.49. The smallest absolute Gasteiger partial charge is 0.264 e. The summed E-state index contributed by atoms with van der Waals surface area (Å²) in [5.41, 5.74) is 0.902. The lowest BCUT2D eigenvalue weighted by atomic mass is 9.71. The van der Waals surface area contributed by atoms with Crippen LogP contribution in [0.1, 0.15) is 32.8 Å². The number of aliphatic hydroxyl groups is 1. The third kappa shape index (κ3) is 2.81. The number of ketones is 1. The van der Waals surface area contributed by atoms with E-state index >= 15 is 0 Å². The first-order chi connectivity index (χ1) is 14.0. The third-order valence-corrected chi connectivity index (χ3v) is 7.29. The van der Waals surface area contributed by atoms with Crippen molar-refractivity contribution in [3.8, 4) is 0 Å². The number of anilines is 1. The summed E-state index contributed by atoms with van der Waals surface area (Å²) in [6.07, 6.45) is 1.10. The van der Waals surface area contributed by atoms with Crippen molar-refractivity contribution in [1.82, 2.24) is 0 Å². The Bertz CT molecular complexity index is 1130. The van der Waals surface area contributed by atoms with E-state index in [9.17, 15) is 14.7 Å². The summed E-state index contributed by atoms with van der Waals surface area (Å²) in [5.74, 6) is -1.38. The maximum absolute atomic E-state index is 13.6. The predicted octanol–water partition coefficient (Wildman–Crippen LogP) is 4.69. The highest BCUT2D eigenvalue weighted by molar-refractivity contribution is 9.10. The van der Waals surface area contributed by atoms with Gasteiger partial charge in [0, 0.05) is 20.5 Å². The van der Waals surface area contributed by atoms with Gasteiger partial charge in [-0.15, -0.1) is 11.3 Å². The average Bonchev–Trinajstić information content (AvgIpc) is 3.31. The molecule has 0 bridgehead atoms. The molecule has 1 N–H and O–H groups in total. The van der Waals surface area contributed by atoms with E-state index < -0.39 is 17.4 Å². The molecule has 146 valence electrons. The summed E-state index contributed by atoms with van der Waals surface area (Å²) in [5, 5.41) is 13.8. The van der Waals surface area contributed by atoms with Gasteiger partial charge >= 0.3 is 0 Å². The normalized spacial score (nSPS) is 23.2. The standard InChI is InChI=1S/C23H18BrNO3S/c24-15-8-10-20-19(12-15)23(28,22(27)25(20)13-16-5-3-11-29-16)18-9-7-14-4-1-2-6-17(14)21(18)26/h1-6,8,10-12,18,28H,7,9,13H2/t18-,23-/m1/s1. The van der Waals surface area contributed by atoms with Gasteiger partial charge in [0.1, 0.15) is 0 Å². The zero-order valence-electron chi connectivity index (χ0n) is 15.5. The van der Waals surface area contributed by atoms with Gasteiger partial charge in [-0.3, -0.25) is 9.59 Å². The molecule has 3 aromatic rings. The van der Waals surface area contributed by atoms with Crippen LogP contribution < -0.4 is 4.90 Å². The number of amides is 1. The number of rotatable bonds is 3. The molecule has 1 aliphatic heterocycles. The van der Waals surface area contributed by atoms with Crippen molar-refractivity contribution >= 4 is 44.6 Å². The number of halogens is 1. The summed E-state index contributed by atoms with van der Waals surface area (Å²) in [6, 6.07) is 16.9. The van der Waals surface area contributed by atoms with Gasteiger partial charge in [-0.05, 0) is 48.1 Å². The van der Waals surface area contributed by atoms with Gasteiger partial charge in [0.05, 0.1) is 18.2 Å². The lowest BCUT2D eigenvalue weighted by Gasteiger charge is -2.34. The van der Waals surface area contributed by atoms with Gasteiger partial charge in [-0.2, -0.15) is 0 Å². The molecular weight excluding hydrogens is 450 g/mol. The number of aryl methyl sites for hydroxylation is 1. The Morgan fingerprint density at radius 2 is 1.97 bits per heavy atom. The highest BCUT2D eigenvalue weighted by atomic mass is 79.9. The van der Waals surface area contributed by atoms with E-state index in [0.717, 1.165) is 14.9 Å². The molecule has 1 aliphatic carbocycles. The SMILES string of the molecule is O=C1c2ccccc2CC[C@H]1[C@]1(O)C(=O)N(Cc2cccs2)c2ccc(Br)cc21. The molecule has 2 aliphatic rings. The monoisotopic (exact) mass is 467 g/mol. The van der Waals surface area contributed by atoms with Crippen molar-refractivity contribution in [3.05, 3.63) is 86.0 Å². The Morgan fingerprint density at radius 3 is 2.76 bits per heavy atom. The minimum Gasteiger partial charge on any atom is -0.375 e. The van der Waals surface area contributed by atoms with Crippen LogP contribution in [-0.2, 0) is 23.4 Å². The summed E-state index contributed by atoms with van der Waals surface area (Å²) >= 11 is 5.02. The molecule has 2 heterocycles. The molecule has 0 unspecified atom stereocenters. The second kappa shape index (κ2) is 6.90. The molecule has 0 saturated carbocycles. The Hall–Kier alpha value is -2.28. The van der Waals surface area contributed by atoms with Crippen molar-refractivity contribution < 1.29 is 14.7 Å². The molecule has 5 rings (SSSR count). The Labute approximate surface area is 180 Å². The highest BCUT2D eigenvalue weighted by Crippen LogP contribution is 2.49. The minimum atomic E-state index is -1.86. The van der Waals surface area contributed by atoms with E-state index in [-0.39, 0.29) is 5.78 Å². The lowest BCUT2D eigenvalue weighted by Crippen LogP contribution is -2.49. The first-order valence-corrected chi connectivity index (χ1v) is 11.2. The van der Waals surface area contributed by atoms with Crippen molar-refractivity contribution in [2.24, 2.45) is 5.92 Å². The van der Waals surface area contributed by atoms with Crippen LogP contribution in [0, 0.1) is 5.92 Å². The van der Waals surface area contributed by atoms with E-state index in [1.165, 1.54) is 0 Å². The quantitative estimate of drug-likeness (QED) is 0.607. The Balaban J connectivity index is 1.62. The second-order valence-electron chi connectivity index (χ2n) is 7.51. The minimum absolute atomic E-state index is 0.161. The van der Waals surface area contributed by atoms with Crippen LogP contribution in [0.25, 0.3) is 0 Å². The molecule has 0 radical (unpaired) electrons. The summed E-state index contributed by atoms with van der Waals surface area (Å²) < 4.78 is 0.768. The fourth-order valence-corrected chi connectivity index (χ4v) is 5.58. The molecule has 1 aromatic heterocycles. The molecule has 2 atom stereocenters. The largest absolute Gasteiger partial charge is 0.375 e. The molecular formula is C23H18BrNO3S. The number of hydrogen-bond donors (Lipinski definition) is 1. The van der Waals surface area contributed by atoms with E-state index in [1.54, 1.807) is 28.4 Å². The molecule has 0 spiro atoms. The third-order valence-electron chi connectivity index (χ3n) is 5.93. The zero-order valence-corrected chi connectivity index (χ0v) is 17.9. The van der Waals surface area contributed by atoms with Crippen molar-refractivity contribution in [2.75, 3.05) is 4.90 Å². The maximum atomic E-state index is 13.6. The van der Waals surface area contributed by atoms with Crippen LogP contribution in [0.3, 0.4) is 0 Å². The van der Waals surface area contributed by atoms with Crippen molar-refractivity contribution in [3.63, 3.8) is 0 Å². The van der Waals surface area contributed by atoms with Gasteiger partial charge in [0.15, 0.2) is 11.4 Å². The average molecular weight is 468 g/mol. The van der Waals surface area contributed by atoms with Crippen LogP contribution in [0.4, 0.5) is 5.69 Å². The number of hydrogen-bond acceptors (Lipinski definition) is 4. The van der Waals surface area contributed by atoms with Crippen LogP contribution in [0.15, 0.2) is 64.5 Å². The molecule has 6 heteroatoms. The number of Topliss-reactive ketones (excluding diaryl/α,β-unsaturated/α-hetero) is 1. The Morgan fingerprint density at radius 1 is 1.14 bits per heavy atom. The summed E-state index contributed by atoms with van der Waals surface area (Å²) in [4.78, 5) is 29.6. The second-order valence-corrected chi connectivity index (χ2v) is 9.46. The highest BCUT2D eigenvalue weighted by Gasteiger charge is 2.57. The number of benzene rings is 2. The number of fused-ring (bicyclic) bond motifs is 2. The fourth-order valence-electron chi connectivity index (χ4n) is 4.53. The predicted molar refractivity (Wildman–Crippen MR) is 116 cm³/mol. The van der Waals surface area contributed by atoms with Crippen LogP contribution in [0.2, 0.25) is 0 Å². The first kappa shape index (κ1) is 18.7. The van der Waals surface area contributed by atoms with Crippen LogP contribution in [-0.4, -0.2) is 16.8 Å². The molecule has 4 nitrogen and oxygen atoms in total. The maximum Gasteiger partial charge on any atom is 0.264 e. The number of nitrogens with zero attached hydrogens (tertiary/aromatic N) is 1. The van der Waals surface area contributed by atoms with Crippen molar-refractivity contribution in [1.29, 1.82) is 0 Å². The van der Waals surface area contributed by atoms with Crippen LogP contribution in [0.5, 0.6) is 0 Å². The molecule has 29 heavy (non-hydrogen) atoms. The molecule has 0 fully saturated rings. The van der Waals surface area contributed by atoms with E-state index in [2.05, 4.69) is 15.9 Å². The fraction of sp³-hybridized carbons (Fsp3) is 0.217. The van der Waals surface area contributed by atoms with E-state index in [4.69, 9.17) is 0 Å². The van der Waals surface area contributed by atoms with E-state index in [0.29, 0.717) is 36.2 Å². The van der Waals surface area contributed by atoms with Gasteiger partial charge in [-0.25, -0.2) is 0 Å². The van der Waals surface area contributed by atoms with Crippen LogP contribution >= 0.6 is 27.3 Å². The van der Waals surface area contributed by atoms with Crippen molar-refractivity contribution in [2.45, 2.75) is 25.0 Å². The summed E-state index contributed by atoms with van der Waals surface area (Å²) in [6.45, 7) is 0.380. The Kier molecular flexibility index (Phi) is 4.46.